The van der Waals surface area contributed by atoms with Crippen LogP contribution in [-0.2, 0) is 14.8 Å². The Bertz CT molecular complexity index is 1050. The fourth-order valence-electron chi connectivity index (χ4n) is 3.49. The average Bonchev–Trinajstić information content (AvgIpc) is 2.77. The van der Waals surface area contributed by atoms with Gasteiger partial charge in [0.25, 0.3) is 15.9 Å². The molecule has 2 aromatic rings. The molecule has 0 aliphatic carbocycles. The second-order valence-electron chi connectivity index (χ2n) is 7.62. The van der Waals surface area contributed by atoms with Gasteiger partial charge in [0.1, 0.15) is 0 Å². The Morgan fingerprint density at radius 3 is 2.45 bits per heavy atom. The number of amides is 2. The van der Waals surface area contributed by atoms with Crippen LogP contribution < -0.4 is 10.0 Å². The highest BCUT2D eigenvalue weighted by atomic mass is 32.2. The van der Waals surface area contributed by atoms with Crippen LogP contribution in [0.15, 0.2) is 66.1 Å². The molecule has 0 aromatic heterocycles. The maximum absolute atomic E-state index is 12.9. The molecule has 2 N–H and O–H groups in total. The van der Waals surface area contributed by atoms with Crippen LogP contribution >= 0.6 is 0 Å². The largest absolute Gasteiger partial charge is 0.352 e. The van der Waals surface area contributed by atoms with Crippen LogP contribution in [0.5, 0.6) is 0 Å². The van der Waals surface area contributed by atoms with Gasteiger partial charge < -0.3 is 10.2 Å². The van der Waals surface area contributed by atoms with E-state index in [2.05, 4.69) is 16.6 Å². The first-order valence-corrected chi connectivity index (χ1v) is 11.7. The monoisotopic (exact) mass is 441 g/mol. The number of aryl methyl sites for hydroxylation is 1. The first-order chi connectivity index (χ1) is 14.8. The predicted molar refractivity (Wildman–Crippen MR) is 120 cm³/mol. The molecule has 1 unspecified atom stereocenters. The highest BCUT2D eigenvalue weighted by Crippen LogP contribution is 2.21. The number of anilines is 1. The number of carbonyl (C=O) groups is 2. The fourth-order valence-corrected chi connectivity index (χ4v) is 4.55. The molecule has 2 aromatic carbocycles. The van der Waals surface area contributed by atoms with Gasteiger partial charge in [0.05, 0.1) is 10.8 Å². The van der Waals surface area contributed by atoms with Crippen LogP contribution in [0, 0.1) is 12.8 Å². The Kier molecular flexibility index (Phi) is 7.12. The lowest BCUT2D eigenvalue weighted by Gasteiger charge is -2.32. The van der Waals surface area contributed by atoms with E-state index in [1.807, 2.05) is 6.92 Å². The molecule has 0 saturated carbocycles. The molecule has 0 bridgehead atoms. The number of rotatable bonds is 7. The summed E-state index contributed by atoms with van der Waals surface area (Å²) in [6.45, 7) is 6.83. The van der Waals surface area contributed by atoms with Gasteiger partial charge in [-0.25, -0.2) is 8.42 Å². The van der Waals surface area contributed by atoms with E-state index in [-0.39, 0.29) is 22.6 Å². The number of hydrogen-bond acceptors (Lipinski definition) is 4. The summed E-state index contributed by atoms with van der Waals surface area (Å²) in [5, 5.41) is 2.79. The quantitative estimate of drug-likeness (QED) is 0.646. The minimum Gasteiger partial charge on any atom is -0.352 e. The van der Waals surface area contributed by atoms with Gasteiger partial charge in [-0.2, -0.15) is 0 Å². The molecule has 1 aliphatic rings. The van der Waals surface area contributed by atoms with E-state index in [0.29, 0.717) is 30.9 Å². The van der Waals surface area contributed by atoms with Crippen molar-refractivity contribution in [2.45, 2.75) is 24.7 Å². The Labute approximate surface area is 183 Å². The maximum atomic E-state index is 12.9. The molecule has 0 spiro atoms. The molecule has 8 heteroatoms. The second kappa shape index (κ2) is 9.78. The van der Waals surface area contributed by atoms with Crippen LogP contribution in [0.3, 0.4) is 0 Å². The molecule has 1 aliphatic heterocycles. The van der Waals surface area contributed by atoms with Crippen molar-refractivity contribution in [2.24, 2.45) is 5.92 Å². The summed E-state index contributed by atoms with van der Waals surface area (Å²) >= 11 is 0. The zero-order valence-electron chi connectivity index (χ0n) is 17.5. The van der Waals surface area contributed by atoms with Gasteiger partial charge in [0.15, 0.2) is 0 Å². The van der Waals surface area contributed by atoms with Gasteiger partial charge in [-0.3, -0.25) is 14.3 Å². The number of sulfonamides is 1. The van der Waals surface area contributed by atoms with Gasteiger partial charge in [-0.15, -0.1) is 6.58 Å². The molecule has 7 nitrogen and oxygen atoms in total. The summed E-state index contributed by atoms with van der Waals surface area (Å²) in [5.41, 5.74) is 1.79. The summed E-state index contributed by atoms with van der Waals surface area (Å²) in [7, 11) is -3.71. The zero-order chi connectivity index (χ0) is 22.4. The smallest absolute Gasteiger partial charge is 0.261 e. The topological polar surface area (TPSA) is 95.6 Å². The van der Waals surface area contributed by atoms with E-state index >= 15 is 0 Å². The van der Waals surface area contributed by atoms with E-state index in [1.54, 1.807) is 59.5 Å². The van der Waals surface area contributed by atoms with Crippen molar-refractivity contribution in [1.82, 2.24) is 10.2 Å². The molecule has 1 atom stereocenters. The molecule has 31 heavy (non-hydrogen) atoms. The van der Waals surface area contributed by atoms with Crippen molar-refractivity contribution in [3.63, 3.8) is 0 Å². The van der Waals surface area contributed by atoms with Crippen LogP contribution in [-0.4, -0.2) is 44.8 Å². The molecule has 1 heterocycles. The van der Waals surface area contributed by atoms with E-state index < -0.39 is 10.0 Å². The number of nitrogens with zero attached hydrogens (tertiary/aromatic N) is 1. The van der Waals surface area contributed by atoms with Crippen molar-refractivity contribution in [3.8, 4) is 0 Å². The van der Waals surface area contributed by atoms with Gasteiger partial charge in [0, 0.05) is 30.9 Å². The third kappa shape index (κ3) is 5.73. The molecular weight excluding hydrogens is 414 g/mol. The van der Waals surface area contributed by atoms with E-state index in [0.717, 1.165) is 18.4 Å². The lowest BCUT2D eigenvalue weighted by molar-refractivity contribution is -0.126. The number of benzene rings is 2. The molecule has 2 amide bonds. The Hall–Kier alpha value is -3.13. The molecule has 164 valence electrons. The summed E-state index contributed by atoms with van der Waals surface area (Å²) < 4.78 is 27.6. The highest BCUT2D eigenvalue weighted by Gasteiger charge is 2.28. The number of likely N-dealkylation sites (tertiary alicyclic amines) is 1. The standard InChI is InChI=1S/C23H27N3O4S/c1-3-14-24-22(27)19-5-4-15-26(16-19)23(28)18-8-10-20(11-9-18)25-31(29,30)21-12-6-17(2)7-13-21/h3,6-13,19,25H,1,4-5,14-16H2,2H3,(H,24,27). The molecule has 1 saturated heterocycles. The van der Waals surface area contributed by atoms with Gasteiger partial charge in [0.2, 0.25) is 5.91 Å². The van der Waals surface area contributed by atoms with E-state index in [9.17, 15) is 18.0 Å². The van der Waals surface area contributed by atoms with Crippen LogP contribution in [0.2, 0.25) is 0 Å². The average molecular weight is 442 g/mol. The third-order valence-electron chi connectivity index (χ3n) is 5.22. The van der Waals surface area contributed by atoms with Crippen LogP contribution in [0.4, 0.5) is 5.69 Å². The SMILES string of the molecule is C=CCNC(=O)C1CCCN(C(=O)c2ccc(NS(=O)(=O)c3ccc(C)cc3)cc2)C1. The number of piperidine rings is 1. The lowest BCUT2D eigenvalue weighted by atomic mass is 9.96. The fraction of sp³-hybridized carbons (Fsp3) is 0.304. The first-order valence-electron chi connectivity index (χ1n) is 10.2. The molecule has 3 rings (SSSR count). The minimum absolute atomic E-state index is 0.0711. The van der Waals surface area contributed by atoms with Gasteiger partial charge >= 0.3 is 0 Å². The van der Waals surface area contributed by atoms with Gasteiger partial charge in [-0.05, 0) is 56.2 Å². The second-order valence-corrected chi connectivity index (χ2v) is 9.30. The van der Waals surface area contributed by atoms with E-state index in [1.165, 1.54) is 0 Å². The molecule has 0 radical (unpaired) electrons. The summed E-state index contributed by atoms with van der Waals surface area (Å²) in [6, 6.07) is 12.9. The van der Waals surface area contributed by atoms with Gasteiger partial charge in [-0.1, -0.05) is 23.8 Å². The zero-order valence-corrected chi connectivity index (χ0v) is 18.3. The van der Waals surface area contributed by atoms with Crippen molar-refractivity contribution in [1.29, 1.82) is 0 Å². The van der Waals surface area contributed by atoms with Crippen molar-refractivity contribution >= 4 is 27.5 Å². The number of nitrogens with one attached hydrogen (secondary N) is 2. The van der Waals surface area contributed by atoms with Crippen molar-refractivity contribution < 1.29 is 18.0 Å². The summed E-state index contributed by atoms with van der Waals surface area (Å²) in [4.78, 5) is 26.9. The number of carbonyl (C=O) groups excluding carboxylic acids is 2. The summed E-state index contributed by atoms with van der Waals surface area (Å²) in [5.74, 6) is -0.481. The number of hydrogen-bond donors (Lipinski definition) is 2. The van der Waals surface area contributed by atoms with Crippen molar-refractivity contribution in [3.05, 3.63) is 72.3 Å². The summed E-state index contributed by atoms with van der Waals surface area (Å²) in [6.07, 6.45) is 3.12. The molecule has 1 fully saturated rings. The lowest BCUT2D eigenvalue weighted by Crippen LogP contribution is -2.45. The molecular formula is C23H27N3O4S. The van der Waals surface area contributed by atoms with E-state index in [4.69, 9.17) is 0 Å². The maximum Gasteiger partial charge on any atom is 0.261 e. The van der Waals surface area contributed by atoms with Crippen LogP contribution in [0.1, 0.15) is 28.8 Å². The van der Waals surface area contributed by atoms with Crippen LogP contribution in [0.25, 0.3) is 0 Å². The first kappa shape index (κ1) is 22.6. The Balaban J connectivity index is 1.65. The minimum atomic E-state index is -3.71. The Morgan fingerprint density at radius 2 is 1.81 bits per heavy atom. The highest BCUT2D eigenvalue weighted by molar-refractivity contribution is 7.92. The Morgan fingerprint density at radius 1 is 1.13 bits per heavy atom. The van der Waals surface area contributed by atoms with Crippen molar-refractivity contribution in [2.75, 3.05) is 24.4 Å². The normalized spacial score (nSPS) is 16.4. The predicted octanol–water partition coefficient (Wildman–Crippen LogP) is 2.95. The third-order valence-corrected chi connectivity index (χ3v) is 6.61.